The number of alkyl halides is 3. The summed E-state index contributed by atoms with van der Waals surface area (Å²) in [5, 5.41) is 3.13. The van der Waals surface area contributed by atoms with Gasteiger partial charge in [-0.15, -0.1) is 0 Å². The predicted octanol–water partition coefficient (Wildman–Crippen LogP) is 0.134. The molecule has 11 heavy (non-hydrogen) atoms. The molecule has 0 saturated carbocycles. The maximum atomic E-state index is 11.6. The molecule has 1 aromatic rings. The molecule has 1 heterocycles. The number of nitrogens with one attached hydrogen (secondary N) is 1. The smallest absolute Gasteiger partial charge is 0.295 e. The van der Waals surface area contributed by atoms with Crippen LogP contribution in [0.4, 0.5) is 13.2 Å². The lowest BCUT2D eigenvalue weighted by molar-refractivity contribution is -0.143. The van der Waals surface area contributed by atoms with Crippen LogP contribution >= 0.6 is 0 Å². The maximum Gasteiger partial charge on any atom is 0.408 e. The Morgan fingerprint density at radius 2 is 2.27 bits per heavy atom. The highest BCUT2D eigenvalue weighted by molar-refractivity contribution is 4.61. The minimum absolute atomic E-state index is 0.306. The average Bonchev–Trinajstić information content (AvgIpc) is 2.12. The number of aromatic nitrogens is 3. The van der Waals surface area contributed by atoms with E-state index in [-0.39, 0.29) is 0 Å². The topological polar surface area (TPSA) is 50.7 Å². The van der Waals surface area contributed by atoms with Gasteiger partial charge >= 0.3 is 11.9 Å². The van der Waals surface area contributed by atoms with Crippen LogP contribution < -0.4 is 5.69 Å². The number of aromatic amines is 1. The van der Waals surface area contributed by atoms with Crippen molar-refractivity contribution in [3.8, 4) is 0 Å². The molecule has 0 aliphatic heterocycles. The Labute approximate surface area is 58.6 Å². The third-order valence-corrected chi connectivity index (χ3v) is 0.949. The Morgan fingerprint density at radius 1 is 1.64 bits per heavy atom. The van der Waals surface area contributed by atoms with Gasteiger partial charge in [-0.1, -0.05) is 0 Å². The Balaban J connectivity index is 2.80. The van der Waals surface area contributed by atoms with Crippen LogP contribution in [0, 0.1) is 0 Å². The van der Waals surface area contributed by atoms with Crippen molar-refractivity contribution in [2.45, 2.75) is 12.7 Å². The lowest BCUT2D eigenvalue weighted by Crippen LogP contribution is -2.27. The van der Waals surface area contributed by atoms with Gasteiger partial charge in [0.05, 0.1) is 0 Å². The van der Waals surface area contributed by atoms with Crippen LogP contribution in [0.15, 0.2) is 11.1 Å². The zero-order valence-corrected chi connectivity index (χ0v) is 5.22. The molecule has 0 bridgehead atoms. The summed E-state index contributed by atoms with van der Waals surface area (Å²) in [6.45, 7) is -1.35. The molecule has 1 aromatic heterocycles. The zero-order chi connectivity index (χ0) is 8.48. The quantitative estimate of drug-likeness (QED) is 0.646. The van der Waals surface area contributed by atoms with E-state index in [0.717, 1.165) is 6.33 Å². The molecular weight excluding hydrogens is 163 g/mol. The number of hydrogen-bond donors (Lipinski definition) is 1. The number of nitrogens with zero attached hydrogens (tertiary/aromatic N) is 2. The van der Waals surface area contributed by atoms with Crippen molar-refractivity contribution < 1.29 is 13.2 Å². The molecule has 0 aliphatic carbocycles. The van der Waals surface area contributed by atoms with Crippen LogP contribution in [0.1, 0.15) is 0 Å². The van der Waals surface area contributed by atoms with Crippen LogP contribution in [-0.4, -0.2) is 20.9 Å². The lowest BCUT2D eigenvalue weighted by atomic mass is 10.6. The molecule has 0 fully saturated rings. The van der Waals surface area contributed by atoms with Gasteiger partial charge in [-0.3, -0.25) is 4.98 Å². The standard InChI is InChI=1S/C4H4F3N3O/c5-4(6,7)1-10-3(11)8-2-9-10/h2H,1H2,(H,8,9,11). The van der Waals surface area contributed by atoms with Gasteiger partial charge in [-0.2, -0.15) is 18.3 Å². The molecule has 4 nitrogen and oxygen atoms in total. The first-order valence-corrected chi connectivity index (χ1v) is 2.66. The van der Waals surface area contributed by atoms with Gasteiger partial charge in [0.1, 0.15) is 12.9 Å². The Morgan fingerprint density at radius 3 is 2.64 bits per heavy atom. The minimum atomic E-state index is -4.40. The first-order chi connectivity index (χ1) is 4.99. The molecule has 7 heteroatoms. The van der Waals surface area contributed by atoms with E-state index < -0.39 is 18.4 Å². The van der Waals surface area contributed by atoms with Crippen molar-refractivity contribution in [2.75, 3.05) is 0 Å². The maximum absolute atomic E-state index is 11.6. The average molecular weight is 167 g/mol. The van der Waals surface area contributed by atoms with E-state index in [0.29, 0.717) is 4.68 Å². The summed E-state index contributed by atoms with van der Waals surface area (Å²) in [6, 6.07) is 0. The Kier molecular flexibility index (Phi) is 1.71. The second kappa shape index (κ2) is 2.40. The van der Waals surface area contributed by atoms with Crippen molar-refractivity contribution >= 4 is 0 Å². The summed E-state index contributed by atoms with van der Waals surface area (Å²) in [5.74, 6) is 0. The number of hydrogen-bond acceptors (Lipinski definition) is 2. The predicted molar refractivity (Wildman–Crippen MR) is 28.9 cm³/mol. The van der Waals surface area contributed by atoms with E-state index >= 15 is 0 Å². The van der Waals surface area contributed by atoms with Crippen molar-refractivity contribution in [3.63, 3.8) is 0 Å². The SMILES string of the molecule is O=c1[nH]cnn1CC(F)(F)F. The van der Waals surface area contributed by atoms with Crippen molar-refractivity contribution in [1.82, 2.24) is 14.8 Å². The molecule has 1 N–H and O–H groups in total. The zero-order valence-electron chi connectivity index (χ0n) is 5.22. The van der Waals surface area contributed by atoms with Crippen LogP contribution in [0.2, 0.25) is 0 Å². The monoisotopic (exact) mass is 167 g/mol. The molecule has 1 rings (SSSR count). The van der Waals surface area contributed by atoms with Crippen LogP contribution in [0.25, 0.3) is 0 Å². The molecule has 0 spiro atoms. The summed E-state index contributed by atoms with van der Waals surface area (Å²) >= 11 is 0. The van der Waals surface area contributed by atoms with Crippen LogP contribution in [0.5, 0.6) is 0 Å². The summed E-state index contributed by atoms with van der Waals surface area (Å²) < 4.78 is 35.1. The highest BCUT2D eigenvalue weighted by atomic mass is 19.4. The van der Waals surface area contributed by atoms with Gasteiger partial charge in [0, 0.05) is 0 Å². The van der Waals surface area contributed by atoms with Crippen molar-refractivity contribution in [3.05, 3.63) is 16.8 Å². The Hall–Kier alpha value is -1.27. The highest BCUT2D eigenvalue weighted by Gasteiger charge is 2.29. The van der Waals surface area contributed by atoms with Gasteiger partial charge in [-0.05, 0) is 0 Å². The van der Waals surface area contributed by atoms with Gasteiger partial charge in [-0.25, -0.2) is 9.48 Å². The van der Waals surface area contributed by atoms with E-state index in [4.69, 9.17) is 0 Å². The minimum Gasteiger partial charge on any atom is -0.295 e. The van der Waals surface area contributed by atoms with Gasteiger partial charge in [0.2, 0.25) is 0 Å². The summed E-state index contributed by atoms with van der Waals surface area (Å²) in [5.41, 5.74) is -0.859. The third-order valence-electron chi connectivity index (χ3n) is 0.949. The lowest BCUT2D eigenvalue weighted by Gasteiger charge is -2.03. The van der Waals surface area contributed by atoms with E-state index in [1.54, 1.807) is 0 Å². The molecule has 0 radical (unpaired) electrons. The van der Waals surface area contributed by atoms with Crippen molar-refractivity contribution in [2.24, 2.45) is 0 Å². The van der Waals surface area contributed by atoms with E-state index in [1.165, 1.54) is 0 Å². The van der Waals surface area contributed by atoms with Gasteiger partial charge < -0.3 is 0 Å². The van der Waals surface area contributed by atoms with Crippen LogP contribution in [-0.2, 0) is 6.54 Å². The van der Waals surface area contributed by atoms with Crippen LogP contribution in [0.3, 0.4) is 0 Å². The fourth-order valence-electron chi connectivity index (χ4n) is 0.563. The molecule has 0 aliphatic rings. The number of rotatable bonds is 1. The van der Waals surface area contributed by atoms with E-state index in [9.17, 15) is 18.0 Å². The second-order valence-electron chi connectivity index (χ2n) is 1.87. The molecule has 0 atom stereocenters. The van der Waals surface area contributed by atoms with E-state index in [2.05, 4.69) is 5.10 Å². The summed E-state index contributed by atoms with van der Waals surface area (Å²) in [4.78, 5) is 12.4. The summed E-state index contributed by atoms with van der Waals surface area (Å²) in [7, 11) is 0. The molecule has 62 valence electrons. The normalized spacial score (nSPS) is 11.9. The number of halogens is 3. The van der Waals surface area contributed by atoms with Crippen molar-refractivity contribution in [1.29, 1.82) is 0 Å². The highest BCUT2D eigenvalue weighted by Crippen LogP contribution is 2.15. The first-order valence-electron chi connectivity index (χ1n) is 2.66. The summed E-state index contributed by atoms with van der Waals surface area (Å²) in [6.07, 6.45) is -3.49. The molecule has 0 unspecified atom stereocenters. The van der Waals surface area contributed by atoms with Gasteiger partial charge in [0.15, 0.2) is 0 Å². The molecule has 0 amide bonds. The molecule has 0 aromatic carbocycles. The largest absolute Gasteiger partial charge is 0.408 e. The molecular formula is C4H4F3N3O. The fourth-order valence-corrected chi connectivity index (χ4v) is 0.563. The fraction of sp³-hybridized carbons (Fsp3) is 0.500. The molecule has 0 saturated heterocycles. The van der Waals surface area contributed by atoms with E-state index in [1.807, 2.05) is 4.98 Å². The Bertz CT molecular complexity index is 285. The number of H-pyrrole nitrogens is 1. The third kappa shape index (κ3) is 2.10. The first kappa shape index (κ1) is 7.83. The van der Waals surface area contributed by atoms with Gasteiger partial charge in [0.25, 0.3) is 0 Å². The second-order valence-corrected chi connectivity index (χ2v) is 1.87.